The van der Waals surface area contributed by atoms with E-state index in [-0.39, 0.29) is 11.3 Å². The van der Waals surface area contributed by atoms with Crippen molar-refractivity contribution in [2.45, 2.75) is 53.0 Å². The highest BCUT2D eigenvalue weighted by Crippen LogP contribution is 2.35. The molecule has 13 heavy (non-hydrogen) atoms. The first kappa shape index (κ1) is 10.6. The molecule has 0 aromatic heterocycles. The second-order valence-electron chi connectivity index (χ2n) is 5.11. The maximum Gasteiger partial charge on any atom is 0.225 e. The van der Waals surface area contributed by atoms with Crippen molar-refractivity contribution in [1.29, 1.82) is 0 Å². The monoisotopic (exact) mass is 183 g/mol. The zero-order valence-corrected chi connectivity index (χ0v) is 9.18. The first-order valence-corrected chi connectivity index (χ1v) is 5.26. The quantitative estimate of drug-likeness (QED) is 0.715. The smallest absolute Gasteiger partial charge is 0.225 e. The number of nitrogens with one attached hydrogen (secondary N) is 1. The Labute approximate surface area is 81.1 Å². The Balaban J connectivity index is 2.25. The fourth-order valence-corrected chi connectivity index (χ4v) is 1.50. The highest BCUT2D eigenvalue weighted by atomic mass is 16.2. The summed E-state index contributed by atoms with van der Waals surface area (Å²) in [4.78, 5) is 11.6. The maximum absolute atomic E-state index is 11.6. The van der Waals surface area contributed by atoms with Crippen molar-refractivity contribution >= 4 is 5.91 Å². The van der Waals surface area contributed by atoms with Crippen LogP contribution in [0.1, 0.15) is 47.0 Å². The Hall–Kier alpha value is -0.530. The predicted octanol–water partition coefficient (Wildman–Crippen LogP) is 2.34. The molecule has 0 spiro atoms. The Bertz CT molecular complexity index is 193. The van der Waals surface area contributed by atoms with Gasteiger partial charge in [-0.05, 0) is 18.8 Å². The lowest BCUT2D eigenvalue weighted by Gasteiger charge is -2.17. The fraction of sp³-hybridized carbons (Fsp3) is 0.909. The third-order valence-electron chi connectivity index (χ3n) is 2.58. The molecule has 0 bridgehead atoms. The zero-order chi connectivity index (χ0) is 10.1. The van der Waals surface area contributed by atoms with E-state index in [2.05, 4.69) is 12.2 Å². The summed E-state index contributed by atoms with van der Waals surface area (Å²) in [5.41, 5.74) is -0.237. The van der Waals surface area contributed by atoms with Crippen LogP contribution in [0.25, 0.3) is 0 Å². The number of amides is 1. The first-order valence-electron chi connectivity index (χ1n) is 5.26. The Morgan fingerprint density at radius 2 is 2.08 bits per heavy atom. The van der Waals surface area contributed by atoms with Crippen molar-refractivity contribution in [3.05, 3.63) is 0 Å². The molecular weight excluding hydrogens is 162 g/mol. The van der Waals surface area contributed by atoms with E-state index < -0.39 is 0 Å². The van der Waals surface area contributed by atoms with E-state index in [1.807, 2.05) is 20.8 Å². The van der Waals surface area contributed by atoms with Gasteiger partial charge >= 0.3 is 0 Å². The fourth-order valence-electron chi connectivity index (χ4n) is 1.50. The molecule has 2 atom stereocenters. The minimum absolute atomic E-state index is 0.191. The van der Waals surface area contributed by atoms with Crippen molar-refractivity contribution in [1.82, 2.24) is 5.32 Å². The second-order valence-corrected chi connectivity index (χ2v) is 5.11. The predicted molar refractivity (Wildman–Crippen MR) is 54.4 cm³/mol. The summed E-state index contributed by atoms with van der Waals surface area (Å²) >= 11 is 0. The van der Waals surface area contributed by atoms with Crippen LogP contribution in [-0.4, -0.2) is 11.9 Å². The molecule has 1 rings (SSSR count). The Kier molecular flexibility index (Phi) is 2.99. The largest absolute Gasteiger partial charge is 0.353 e. The minimum atomic E-state index is -0.237. The lowest BCUT2D eigenvalue weighted by atomic mass is 9.95. The number of rotatable bonds is 3. The van der Waals surface area contributed by atoms with Crippen molar-refractivity contribution in [3.8, 4) is 0 Å². The van der Waals surface area contributed by atoms with Gasteiger partial charge in [0, 0.05) is 11.5 Å². The van der Waals surface area contributed by atoms with Crippen molar-refractivity contribution in [2.75, 3.05) is 0 Å². The van der Waals surface area contributed by atoms with Crippen molar-refractivity contribution in [2.24, 2.45) is 11.3 Å². The highest BCUT2D eigenvalue weighted by molar-refractivity contribution is 5.81. The summed E-state index contributed by atoms with van der Waals surface area (Å²) in [6.45, 7) is 8.07. The van der Waals surface area contributed by atoms with Crippen LogP contribution >= 0.6 is 0 Å². The van der Waals surface area contributed by atoms with Crippen LogP contribution in [0.3, 0.4) is 0 Å². The molecule has 2 heteroatoms. The van der Waals surface area contributed by atoms with Gasteiger partial charge in [-0.1, -0.05) is 34.1 Å². The minimum Gasteiger partial charge on any atom is -0.353 e. The normalized spacial score (nSPS) is 27.1. The lowest BCUT2D eigenvalue weighted by molar-refractivity contribution is -0.128. The zero-order valence-electron chi connectivity index (χ0n) is 9.18. The summed E-state index contributed by atoms with van der Waals surface area (Å²) in [5, 5.41) is 3.09. The lowest BCUT2D eigenvalue weighted by Crippen LogP contribution is -2.36. The van der Waals surface area contributed by atoms with Gasteiger partial charge in [-0.2, -0.15) is 0 Å². The molecule has 2 unspecified atom stereocenters. The van der Waals surface area contributed by atoms with Gasteiger partial charge in [0.15, 0.2) is 0 Å². The first-order chi connectivity index (χ1) is 5.95. The molecule has 1 fully saturated rings. The molecule has 0 aromatic rings. The number of hydrogen-bond donors (Lipinski definition) is 1. The molecule has 1 amide bonds. The number of carbonyl (C=O) groups is 1. The SMILES string of the molecule is CCCC1CC1NC(=O)C(C)(C)C. The Morgan fingerprint density at radius 3 is 2.54 bits per heavy atom. The van der Waals surface area contributed by atoms with Crippen LogP contribution in [-0.2, 0) is 4.79 Å². The van der Waals surface area contributed by atoms with E-state index in [1.165, 1.54) is 19.3 Å². The molecular formula is C11H21NO. The van der Waals surface area contributed by atoms with Gasteiger partial charge in [-0.15, -0.1) is 0 Å². The van der Waals surface area contributed by atoms with Crippen LogP contribution < -0.4 is 5.32 Å². The average molecular weight is 183 g/mol. The van der Waals surface area contributed by atoms with Gasteiger partial charge in [-0.25, -0.2) is 0 Å². The summed E-state index contributed by atoms with van der Waals surface area (Å²) < 4.78 is 0. The van der Waals surface area contributed by atoms with E-state index in [0.29, 0.717) is 6.04 Å². The van der Waals surface area contributed by atoms with Gasteiger partial charge in [0.25, 0.3) is 0 Å². The van der Waals surface area contributed by atoms with Crippen molar-refractivity contribution < 1.29 is 4.79 Å². The van der Waals surface area contributed by atoms with Crippen LogP contribution in [0.5, 0.6) is 0 Å². The van der Waals surface area contributed by atoms with E-state index in [1.54, 1.807) is 0 Å². The third-order valence-corrected chi connectivity index (χ3v) is 2.58. The van der Waals surface area contributed by atoms with Crippen LogP contribution in [0.2, 0.25) is 0 Å². The van der Waals surface area contributed by atoms with Gasteiger partial charge in [0.2, 0.25) is 5.91 Å². The van der Waals surface area contributed by atoms with E-state index in [4.69, 9.17) is 0 Å². The molecule has 1 N–H and O–H groups in total. The van der Waals surface area contributed by atoms with Gasteiger partial charge < -0.3 is 5.32 Å². The molecule has 0 saturated heterocycles. The molecule has 76 valence electrons. The van der Waals surface area contributed by atoms with Gasteiger partial charge in [-0.3, -0.25) is 4.79 Å². The van der Waals surface area contributed by atoms with Crippen LogP contribution in [0, 0.1) is 11.3 Å². The van der Waals surface area contributed by atoms with E-state index in [9.17, 15) is 4.79 Å². The molecule has 0 radical (unpaired) electrons. The Morgan fingerprint density at radius 1 is 1.46 bits per heavy atom. The van der Waals surface area contributed by atoms with E-state index in [0.717, 1.165) is 5.92 Å². The van der Waals surface area contributed by atoms with Crippen LogP contribution in [0.15, 0.2) is 0 Å². The summed E-state index contributed by atoms with van der Waals surface area (Å²) in [7, 11) is 0. The maximum atomic E-state index is 11.6. The topological polar surface area (TPSA) is 29.1 Å². The van der Waals surface area contributed by atoms with Gasteiger partial charge in [0.05, 0.1) is 0 Å². The summed E-state index contributed by atoms with van der Waals surface area (Å²) in [6.07, 6.45) is 3.68. The summed E-state index contributed by atoms with van der Waals surface area (Å²) in [5.74, 6) is 0.951. The number of carbonyl (C=O) groups excluding carboxylic acids is 1. The number of hydrogen-bond acceptors (Lipinski definition) is 1. The van der Waals surface area contributed by atoms with Crippen LogP contribution in [0.4, 0.5) is 0 Å². The van der Waals surface area contributed by atoms with Crippen molar-refractivity contribution in [3.63, 3.8) is 0 Å². The third kappa shape index (κ3) is 3.02. The second kappa shape index (κ2) is 3.69. The average Bonchev–Trinajstić information content (AvgIpc) is 2.66. The standard InChI is InChI=1S/C11H21NO/c1-5-6-8-7-9(8)12-10(13)11(2,3)4/h8-9H,5-7H2,1-4H3,(H,12,13). The molecule has 2 nitrogen and oxygen atoms in total. The highest BCUT2D eigenvalue weighted by Gasteiger charge is 2.38. The van der Waals surface area contributed by atoms with E-state index >= 15 is 0 Å². The molecule has 0 aromatic carbocycles. The van der Waals surface area contributed by atoms with Gasteiger partial charge in [0.1, 0.15) is 0 Å². The molecule has 1 aliphatic carbocycles. The summed E-state index contributed by atoms with van der Waals surface area (Å²) in [6, 6.07) is 0.478. The molecule has 1 aliphatic rings. The molecule has 1 saturated carbocycles. The molecule has 0 aliphatic heterocycles. The molecule has 0 heterocycles.